The molecule has 0 atom stereocenters. The molecule has 1 N–H and O–H groups in total. The van der Waals surface area contributed by atoms with E-state index in [1.165, 1.54) is 0 Å². The van der Waals surface area contributed by atoms with Crippen LogP contribution in [0, 0.1) is 11.3 Å². The van der Waals surface area contributed by atoms with Gasteiger partial charge in [-0.15, -0.1) is 0 Å². The van der Waals surface area contributed by atoms with Gasteiger partial charge in [-0.05, 0) is 34.5 Å². The Bertz CT molecular complexity index is 985. The van der Waals surface area contributed by atoms with Crippen LogP contribution in [0.25, 0.3) is 10.8 Å². The van der Waals surface area contributed by atoms with Gasteiger partial charge in [0.05, 0.1) is 12.5 Å². The first-order valence-electron chi connectivity index (χ1n) is 8.43. The van der Waals surface area contributed by atoms with E-state index in [2.05, 4.69) is 11.4 Å². The molecule has 128 valence electrons. The third-order valence-corrected chi connectivity index (χ3v) is 4.17. The van der Waals surface area contributed by atoms with E-state index in [9.17, 15) is 9.59 Å². The summed E-state index contributed by atoms with van der Waals surface area (Å²) in [6, 6.07) is 22.7. The molecule has 0 aliphatic heterocycles. The van der Waals surface area contributed by atoms with Gasteiger partial charge in [0.25, 0.3) is 0 Å². The van der Waals surface area contributed by atoms with Gasteiger partial charge >= 0.3 is 0 Å². The molecule has 0 saturated carbocycles. The summed E-state index contributed by atoms with van der Waals surface area (Å²) in [5.41, 5.74) is 2.18. The molecule has 0 saturated heterocycles. The summed E-state index contributed by atoms with van der Waals surface area (Å²) in [5.74, 6) is -0.248. The molecule has 3 rings (SSSR count). The summed E-state index contributed by atoms with van der Waals surface area (Å²) in [4.78, 5) is 24.4. The van der Waals surface area contributed by atoms with Gasteiger partial charge in [-0.1, -0.05) is 48.5 Å². The third-order valence-electron chi connectivity index (χ3n) is 4.17. The fraction of sp³-hybridized carbons (Fsp3) is 0.136. The standard InChI is InChI=1S/C22H18N2O2/c23-14-13-16-5-9-20(10-6-16)24-22(26)12-11-21(25)19-8-7-17-3-1-2-4-18(17)15-19/h1-10,15H,11-13H2,(H,24,26). The number of carbonyl (C=O) groups is 2. The smallest absolute Gasteiger partial charge is 0.224 e. The van der Waals surface area contributed by atoms with Gasteiger partial charge in [-0.2, -0.15) is 5.26 Å². The Morgan fingerprint density at radius 1 is 0.885 bits per heavy atom. The molecule has 4 heteroatoms. The molecule has 0 aliphatic carbocycles. The Morgan fingerprint density at radius 2 is 1.62 bits per heavy atom. The lowest BCUT2D eigenvalue weighted by Gasteiger charge is -2.06. The lowest BCUT2D eigenvalue weighted by Crippen LogP contribution is -2.13. The maximum Gasteiger partial charge on any atom is 0.224 e. The second kappa shape index (κ2) is 8.09. The highest BCUT2D eigenvalue weighted by Crippen LogP contribution is 2.17. The predicted octanol–water partition coefficient (Wildman–Crippen LogP) is 4.51. The largest absolute Gasteiger partial charge is 0.326 e. The molecule has 0 aliphatic rings. The van der Waals surface area contributed by atoms with Crippen LogP contribution in [-0.4, -0.2) is 11.7 Å². The molecule has 3 aromatic carbocycles. The second-order valence-electron chi connectivity index (χ2n) is 6.07. The van der Waals surface area contributed by atoms with Gasteiger partial charge in [0.2, 0.25) is 5.91 Å². The topological polar surface area (TPSA) is 70.0 Å². The molecule has 0 heterocycles. The Labute approximate surface area is 152 Å². The summed E-state index contributed by atoms with van der Waals surface area (Å²) in [6.45, 7) is 0. The van der Waals surface area contributed by atoms with Crippen molar-refractivity contribution in [3.05, 3.63) is 77.9 Å². The van der Waals surface area contributed by atoms with Crippen molar-refractivity contribution < 1.29 is 9.59 Å². The number of hydrogen-bond acceptors (Lipinski definition) is 3. The minimum absolute atomic E-state index is 0.0460. The molecule has 0 unspecified atom stereocenters. The van der Waals surface area contributed by atoms with Crippen molar-refractivity contribution in [3.8, 4) is 6.07 Å². The monoisotopic (exact) mass is 342 g/mol. The van der Waals surface area contributed by atoms with Crippen LogP contribution in [0.1, 0.15) is 28.8 Å². The Kier molecular flexibility index (Phi) is 5.40. The van der Waals surface area contributed by atoms with Crippen molar-refractivity contribution in [2.75, 3.05) is 5.32 Å². The molecule has 1 amide bonds. The van der Waals surface area contributed by atoms with Crippen LogP contribution in [0.2, 0.25) is 0 Å². The number of ketones is 1. The van der Waals surface area contributed by atoms with E-state index in [4.69, 9.17) is 5.26 Å². The number of carbonyl (C=O) groups excluding carboxylic acids is 2. The highest BCUT2D eigenvalue weighted by Gasteiger charge is 2.10. The first kappa shape index (κ1) is 17.4. The number of nitriles is 1. The van der Waals surface area contributed by atoms with Crippen LogP contribution in [0.3, 0.4) is 0 Å². The SMILES string of the molecule is N#CCc1ccc(NC(=O)CCC(=O)c2ccc3ccccc3c2)cc1. The van der Waals surface area contributed by atoms with Crippen molar-refractivity contribution in [2.24, 2.45) is 0 Å². The summed E-state index contributed by atoms with van der Waals surface area (Å²) < 4.78 is 0. The molecule has 0 radical (unpaired) electrons. The fourth-order valence-electron chi connectivity index (χ4n) is 2.75. The number of nitrogens with zero attached hydrogens (tertiary/aromatic N) is 1. The molecule has 26 heavy (non-hydrogen) atoms. The van der Waals surface area contributed by atoms with Crippen LogP contribution >= 0.6 is 0 Å². The first-order chi connectivity index (χ1) is 12.7. The van der Waals surface area contributed by atoms with E-state index in [0.717, 1.165) is 16.3 Å². The number of rotatable bonds is 6. The number of benzene rings is 3. The molecule has 3 aromatic rings. The highest BCUT2D eigenvalue weighted by molar-refractivity contribution is 6.02. The minimum Gasteiger partial charge on any atom is -0.326 e. The lowest BCUT2D eigenvalue weighted by atomic mass is 10.0. The van der Waals surface area contributed by atoms with Crippen molar-refractivity contribution in [2.45, 2.75) is 19.3 Å². The number of hydrogen-bond donors (Lipinski definition) is 1. The van der Waals surface area contributed by atoms with E-state index in [1.54, 1.807) is 30.3 Å². The number of nitrogens with one attached hydrogen (secondary N) is 1. The van der Waals surface area contributed by atoms with Crippen molar-refractivity contribution >= 4 is 28.2 Å². The van der Waals surface area contributed by atoms with Crippen LogP contribution < -0.4 is 5.32 Å². The zero-order valence-electron chi connectivity index (χ0n) is 14.2. The van der Waals surface area contributed by atoms with E-state index >= 15 is 0 Å². The number of anilines is 1. The zero-order valence-corrected chi connectivity index (χ0v) is 14.2. The Hall–Kier alpha value is -3.45. The van der Waals surface area contributed by atoms with Crippen LogP contribution in [-0.2, 0) is 11.2 Å². The lowest BCUT2D eigenvalue weighted by molar-refractivity contribution is -0.116. The average Bonchev–Trinajstić information content (AvgIpc) is 2.67. The van der Waals surface area contributed by atoms with Gasteiger partial charge in [0, 0.05) is 24.1 Å². The molecule has 0 fully saturated rings. The summed E-state index contributed by atoms with van der Waals surface area (Å²) >= 11 is 0. The summed E-state index contributed by atoms with van der Waals surface area (Å²) in [6.07, 6.45) is 0.636. The maximum absolute atomic E-state index is 12.4. The third kappa shape index (κ3) is 4.34. The molecule has 0 spiro atoms. The predicted molar refractivity (Wildman–Crippen MR) is 102 cm³/mol. The van der Waals surface area contributed by atoms with Crippen molar-refractivity contribution in [1.82, 2.24) is 0 Å². The van der Waals surface area contributed by atoms with Crippen LogP contribution in [0.4, 0.5) is 5.69 Å². The number of fused-ring (bicyclic) bond motifs is 1. The minimum atomic E-state index is -0.202. The zero-order chi connectivity index (χ0) is 18.4. The van der Waals surface area contributed by atoms with Gasteiger partial charge < -0.3 is 5.32 Å². The van der Waals surface area contributed by atoms with Crippen molar-refractivity contribution in [3.63, 3.8) is 0 Å². The fourth-order valence-corrected chi connectivity index (χ4v) is 2.75. The Morgan fingerprint density at radius 3 is 2.35 bits per heavy atom. The molecular weight excluding hydrogens is 324 g/mol. The van der Waals surface area contributed by atoms with Gasteiger partial charge in [-0.3, -0.25) is 9.59 Å². The van der Waals surface area contributed by atoms with Gasteiger partial charge in [-0.25, -0.2) is 0 Å². The molecule has 0 bridgehead atoms. The quantitative estimate of drug-likeness (QED) is 0.670. The second-order valence-corrected chi connectivity index (χ2v) is 6.07. The van der Waals surface area contributed by atoms with Gasteiger partial charge in [0.1, 0.15) is 0 Å². The van der Waals surface area contributed by atoms with E-state index in [1.807, 2.05) is 36.4 Å². The summed E-state index contributed by atoms with van der Waals surface area (Å²) in [7, 11) is 0. The van der Waals surface area contributed by atoms with Gasteiger partial charge in [0.15, 0.2) is 5.78 Å². The number of amides is 1. The average molecular weight is 342 g/mol. The normalized spacial score (nSPS) is 10.3. The highest BCUT2D eigenvalue weighted by atomic mass is 16.2. The van der Waals surface area contributed by atoms with E-state index in [-0.39, 0.29) is 24.5 Å². The first-order valence-corrected chi connectivity index (χ1v) is 8.43. The van der Waals surface area contributed by atoms with Crippen LogP contribution in [0.15, 0.2) is 66.7 Å². The van der Waals surface area contributed by atoms with E-state index < -0.39 is 0 Å². The Balaban J connectivity index is 1.56. The molecule has 0 aromatic heterocycles. The molecular formula is C22H18N2O2. The van der Waals surface area contributed by atoms with Crippen LogP contribution in [0.5, 0.6) is 0 Å². The van der Waals surface area contributed by atoms with Crippen molar-refractivity contribution in [1.29, 1.82) is 5.26 Å². The number of Topliss-reactive ketones (excluding diaryl/α,β-unsaturated/α-hetero) is 1. The maximum atomic E-state index is 12.4. The summed E-state index contributed by atoms with van der Waals surface area (Å²) in [5, 5.41) is 13.5. The van der Waals surface area contributed by atoms with E-state index in [0.29, 0.717) is 17.7 Å². The molecule has 4 nitrogen and oxygen atoms in total.